The molecule has 0 aromatic carbocycles. The Morgan fingerprint density at radius 2 is 2.27 bits per heavy atom. The van der Waals surface area contributed by atoms with Crippen LogP contribution >= 0.6 is 0 Å². The highest BCUT2D eigenvalue weighted by Crippen LogP contribution is 2.17. The van der Waals surface area contributed by atoms with Gasteiger partial charge in [0.2, 0.25) is 5.88 Å². The summed E-state index contributed by atoms with van der Waals surface area (Å²) in [5.74, 6) is 0.632. The Hall–Kier alpha value is -1.13. The van der Waals surface area contributed by atoms with Gasteiger partial charge in [0.05, 0.1) is 25.0 Å². The van der Waals surface area contributed by atoms with Crippen molar-refractivity contribution in [1.82, 2.24) is 10.3 Å². The molecule has 0 bridgehead atoms. The molecular formula is C11H16N2O2. The lowest BCUT2D eigenvalue weighted by Crippen LogP contribution is -2.58. The largest absolute Gasteiger partial charge is 0.481 e. The van der Waals surface area contributed by atoms with Gasteiger partial charge in [0.1, 0.15) is 0 Å². The number of hydrogen-bond donors (Lipinski definition) is 1. The summed E-state index contributed by atoms with van der Waals surface area (Å²) < 4.78 is 10.8. The summed E-state index contributed by atoms with van der Waals surface area (Å²) in [6.07, 6.45) is 0. The van der Waals surface area contributed by atoms with E-state index < -0.39 is 0 Å². The minimum atomic E-state index is -0.0231. The van der Waals surface area contributed by atoms with E-state index in [2.05, 4.69) is 17.2 Å². The second-order valence-corrected chi connectivity index (χ2v) is 4.01. The molecule has 2 heterocycles. The average Bonchev–Trinajstić information content (AvgIpc) is 2.24. The van der Waals surface area contributed by atoms with Crippen LogP contribution in [0.15, 0.2) is 18.2 Å². The Balaban J connectivity index is 1.92. The summed E-state index contributed by atoms with van der Waals surface area (Å²) in [6.45, 7) is 4.47. The minimum absolute atomic E-state index is 0.0231. The molecule has 1 aromatic rings. The van der Waals surface area contributed by atoms with Crippen molar-refractivity contribution in [1.29, 1.82) is 0 Å². The molecule has 1 aliphatic rings. The number of methoxy groups -OCH3 is 1. The number of nitrogens with zero attached hydrogens (tertiary/aromatic N) is 1. The first-order chi connectivity index (χ1) is 7.22. The molecule has 1 N–H and O–H groups in total. The topological polar surface area (TPSA) is 43.4 Å². The minimum Gasteiger partial charge on any atom is -0.481 e. The Kier molecular flexibility index (Phi) is 2.88. The number of rotatable bonds is 4. The van der Waals surface area contributed by atoms with E-state index in [1.165, 1.54) is 0 Å². The summed E-state index contributed by atoms with van der Waals surface area (Å²) >= 11 is 0. The van der Waals surface area contributed by atoms with Gasteiger partial charge in [-0.05, 0) is 13.0 Å². The van der Waals surface area contributed by atoms with Crippen molar-refractivity contribution >= 4 is 0 Å². The molecule has 0 spiro atoms. The van der Waals surface area contributed by atoms with Gasteiger partial charge < -0.3 is 14.8 Å². The van der Waals surface area contributed by atoms with Crippen molar-refractivity contribution in [3.63, 3.8) is 0 Å². The maximum absolute atomic E-state index is 5.77. The van der Waals surface area contributed by atoms with Crippen molar-refractivity contribution in [3.05, 3.63) is 23.9 Å². The Bertz CT molecular complexity index is 337. The van der Waals surface area contributed by atoms with Crippen molar-refractivity contribution < 1.29 is 9.47 Å². The third kappa shape index (κ3) is 2.46. The van der Waals surface area contributed by atoms with Crippen LogP contribution in [0, 0.1) is 0 Å². The van der Waals surface area contributed by atoms with Gasteiger partial charge in [-0.3, -0.25) is 0 Å². The molecule has 0 unspecified atom stereocenters. The number of aromatic nitrogens is 1. The second-order valence-electron chi connectivity index (χ2n) is 4.01. The fourth-order valence-electron chi connectivity index (χ4n) is 1.48. The fraction of sp³-hybridized carbons (Fsp3) is 0.545. The maximum atomic E-state index is 5.77. The van der Waals surface area contributed by atoms with Gasteiger partial charge in [-0.25, -0.2) is 4.98 Å². The van der Waals surface area contributed by atoms with Gasteiger partial charge in [-0.2, -0.15) is 0 Å². The Morgan fingerprint density at radius 1 is 1.47 bits per heavy atom. The molecule has 4 nitrogen and oxygen atoms in total. The van der Waals surface area contributed by atoms with Crippen LogP contribution in [0.25, 0.3) is 0 Å². The Morgan fingerprint density at radius 3 is 2.87 bits per heavy atom. The summed E-state index contributed by atoms with van der Waals surface area (Å²) in [6, 6.07) is 5.69. The molecule has 1 aromatic heterocycles. The molecule has 0 amide bonds. The molecule has 0 atom stereocenters. The summed E-state index contributed by atoms with van der Waals surface area (Å²) in [5, 5.41) is 3.19. The third-order valence-corrected chi connectivity index (χ3v) is 2.56. The van der Waals surface area contributed by atoms with E-state index >= 15 is 0 Å². The van der Waals surface area contributed by atoms with E-state index in [0.717, 1.165) is 18.8 Å². The van der Waals surface area contributed by atoms with Gasteiger partial charge in [0, 0.05) is 19.2 Å². The first-order valence-corrected chi connectivity index (χ1v) is 5.06. The van der Waals surface area contributed by atoms with Crippen LogP contribution in [0.1, 0.15) is 12.6 Å². The molecule has 0 saturated carbocycles. The van der Waals surface area contributed by atoms with Crippen LogP contribution in [0.5, 0.6) is 5.88 Å². The number of hydrogen-bond acceptors (Lipinski definition) is 4. The molecule has 82 valence electrons. The first-order valence-electron chi connectivity index (χ1n) is 5.06. The summed E-state index contributed by atoms with van der Waals surface area (Å²) in [5.41, 5.74) is 0.882. The van der Waals surface area contributed by atoms with Crippen molar-refractivity contribution in [2.75, 3.05) is 20.2 Å². The van der Waals surface area contributed by atoms with Gasteiger partial charge >= 0.3 is 0 Å². The molecule has 1 aliphatic heterocycles. The van der Waals surface area contributed by atoms with E-state index in [0.29, 0.717) is 12.5 Å². The number of nitrogens with one attached hydrogen (secondary N) is 1. The van der Waals surface area contributed by atoms with Gasteiger partial charge in [0.25, 0.3) is 0 Å². The monoisotopic (exact) mass is 208 g/mol. The van der Waals surface area contributed by atoms with Crippen molar-refractivity contribution in [2.45, 2.75) is 19.1 Å². The SMILES string of the molecule is COc1cccc(COC2(C)CNC2)n1. The van der Waals surface area contributed by atoms with Crippen LogP contribution in [0.3, 0.4) is 0 Å². The first kappa shape index (κ1) is 10.4. The second kappa shape index (κ2) is 4.16. The molecule has 0 radical (unpaired) electrons. The predicted molar refractivity (Wildman–Crippen MR) is 56.9 cm³/mol. The molecular weight excluding hydrogens is 192 g/mol. The van der Waals surface area contributed by atoms with E-state index in [9.17, 15) is 0 Å². The molecule has 4 heteroatoms. The quantitative estimate of drug-likeness (QED) is 0.800. The molecule has 2 rings (SSSR count). The smallest absolute Gasteiger partial charge is 0.213 e. The van der Waals surface area contributed by atoms with E-state index in [-0.39, 0.29) is 5.60 Å². The highest BCUT2D eigenvalue weighted by molar-refractivity contribution is 5.15. The van der Waals surface area contributed by atoms with Gasteiger partial charge in [-0.1, -0.05) is 6.07 Å². The van der Waals surface area contributed by atoms with Gasteiger partial charge in [-0.15, -0.1) is 0 Å². The molecule has 1 fully saturated rings. The van der Waals surface area contributed by atoms with E-state index in [4.69, 9.17) is 9.47 Å². The van der Waals surface area contributed by atoms with Crippen LogP contribution in [0.2, 0.25) is 0 Å². The zero-order chi connectivity index (χ0) is 10.7. The zero-order valence-electron chi connectivity index (χ0n) is 9.12. The molecule has 15 heavy (non-hydrogen) atoms. The predicted octanol–water partition coefficient (Wildman–Crippen LogP) is 0.969. The van der Waals surface area contributed by atoms with E-state index in [1.54, 1.807) is 7.11 Å². The maximum Gasteiger partial charge on any atom is 0.213 e. The van der Waals surface area contributed by atoms with E-state index in [1.807, 2.05) is 18.2 Å². The number of pyridine rings is 1. The normalized spacial score (nSPS) is 18.3. The lowest BCUT2D eigenvalue weighted by Gasteiger charge is -2.38. The van der Waals surface area contributed by atoms with Crippen molar-refractivity contribution in [2.24, 2.45) is 0 Å². The summed E-state index contributed by atoms with van der Waals surface area (Å²) in [4.78, 5) is 4.29. The third-order valence-electron chi connectivity index (χ3n) is 2.56. The average molecular weight is 208 g/mol. The highest BCUT2D eigenvalue weighted by Gasteiger charge is 2.32. The summed E-state index contributed by atoms with van der Waals surface area (Å²) in [7, 11) is 1.62. The zero-order valence-corrected chi connectivity index (χ0v) is 9.12. The molecule has 0 aliphatic carbocycles. The number of ether oxygens (including phenoxy) is 2. The van der Waals surface area contributed by atoms with Crippen molar-refractivity contribution in [3.8, 4) is 5.88 Å². The van der Waals surface area contributed by atoms with Crippen LogP contribution < -0.4 is 10.1 Å². The molecule has 1 saturated heterocycles. The van der Waals surface area contributed by atoms with Crippen LogP contribution in [-0.2, 0) is 11.3 Å². The lowest BCUT2D eigenvalue weighted by atomic mass is 10.0. The lowest BCUT2D eigenvalue weighted by molar-refractivity contribution is -0.0779. The highest BCUT2D eigenvalue weighted by atomic mass is 16.5. The Labute approximate surface area is 89.6 Å². The standard InChI is InChI=1S/C11H16N2O2/c1-11(7-12-8-11)15-6-9-4-3-5-10(13-9)14-2/h3-5,12H,6-8H2,1-2H3. The van der Waals surface area contributed by atoms with Crippen LogP contribution in [-0.4, -0.2) is 30.8 Å². The van der Waals surface area contributed by atoms with Crippen LogP contribution in [0.4, 0.5) is 0 Å². The fourth-order valence-corrected chi connectivity index (χ4v) is 1.48. The van der Waals surface area contributed by atoms with Gasteiger partial charge in [0.15, 0.2) is 0 Å².